The van der Waals surface area contributed by atoms with Crippen LogP contribution in [0.5, 0.6) is 5.75 Å². The summed E-state index contributed by atoms with van der Waals surface area (Å²) >= 11 is 10.6. The van der Waals surface area contributed by atoms with E-state index >= 15 is 0 Å². The summed E-state index contributed by atoms with van der Waals surface area (Å²) in [5.74, 6) is -1.17. The van der Waals surface area contributed by atoms with E-state index in [9.17, 15) is 4.79 Å². The van der Waals surface area contributed by atoms with Gasteiger partial charge in [0.15, 0.2) is 5.75 Å². The number of hydrogen-bond acceptors (Lipinski definition) is 2. The van der Waals surface area contributed by atoms with Gasteiger partial charge in [-0.05, 0) is 12.1 Å². The van der Waals surface area contributed by atoms with Crippen molar-refractivity contribution in [2.24, 2.45) is 0 Å². The van der Waals surface area contributed by atoms with Crippen molar-refractivity contribution < 1.29 is 45.2 Å². The SMILES string of the molecule is O=C(O)c1cccc(Cl)c1OCl.[H-].[Na+]. The summed E-state index contributed by atoms with van der Waals surface area (Å²) in [6, 6.07) is 4.35. The second kappa shape index (κ2) is 5.73. The number of carbonyl (C=O) groups is 1. The van der Waals surface area contributed by atoms with Crippen LogP contribution in [-0.4, -0.2) is 11.1 Å². The van der Waals surface area contributed by atoms with Gasteiger partial charge in [-0.1, -0.05) is 17.7 Å². The van der Waals surface area contributed by atoms with Crippen LogP contribution in [0.3, 0.4) is 0 Å². The molecule has 0 unspecified atom stereocenters. The van der Waals surface area contributed by atoms with Crippen molar-refractivity contribution in [2.45, 2.75) is 0 Å². The largest absolute Gasteiger partial charge is 1.00 e. The van der Waals surface area contributed by atoms with Crippen molar-refractivity contribution in [3.63, 3.8) is 0 Å². The van der Waals surface area contributed by atoms with Crippen LogP contribution in [0.2, 0.25) is 5.02 Å². The molecule has 0 saturated carbocycles. The zero-order chi connectivity index (χ0) is 9.14. The van der Waals surface area contributed by atoms with Gasteiger partial charge in [0.1, 0.15) is 17.4 Å². The number of carboxylic acid groups (broad SMARTS) is 1. The Kier molecular flexibility index (Phi) is 5.76. The molecule has 0 aliphatic carbocycles. The van der Waals surface area contributed by atoms with Crippen molar-refractivity contribution in [1.29, 1.82) is 0 Å². The molecule has 1 rings (SSSR count). The molecular formula is C7H5Cl2NaO3. The second-order valence-electron chi connectivity index (χ2n) is 2.00. The average molecular weight is 231 g/mol. The first-order valence-electron chi connectivity index (χ1n) is 2.97. The second-order valence-corrected chi connectivity index (χ2v) is 2.56. The van der Waals surface area contributed by atoms with E-state index in [0.717, 1.165) is 0 Å². The number of carboxylic acids is 1. The van der Waals surface area contributed by atoms with Gasteiger partial charge in [-0.3, -0.25) is 0 Å². The fourth-order valence-corrected chi connectivity index (χ4v) is 1.17. The normalized spacial score (nSPS) is 8.77. The van der Waals surface area contributed by atoms with Crippen molar-refractivity contribution >= 4 is 29.4 Å². The molecule has 1 aromatic rings. The van der Waals surface area contributed by atoms with Gasteiger partial charge in [0.25, 0.3) is 0 Å². The van der Waals surface area contributed by atoms with E-state index in [0.29, 0.717) is 0 Å². The maximum absolute atomic E-state index is 10.5. The van der Waals surface area contributed by atoms with Gasteiger partial charge in [0, 0.05) is 0 Å². The third-order valence-electron chi connectivity index (χ3n) is 1.27. The van der Waals surface area contributed by atoms with Crippen LogP contribution in [0.4, 0.5) is 0 Å². The predicted molar refractivity (Wildman–Crippen MR) is 46.0 cm³/mol. The number of para-hydroxylation sites is 1. The summed E-state index contributed by atoms with van der Waals surface area (Å²) in [5.41, 5.74) is -0.0579. The van der Waals surface area contributed by atoms with Gasteiger partial charge in [0.05, 0.1) is 5.02 Å². The van der Waals surface area contributed by atoms with Gasteiger partial charge in [-0.2, -0.15) is 0 Å². The van der Waals surface area contributed by atoms with Crippen molar-refractivity contribution in [2.75, 3.05) is 0 Å². The fourth-order valence-electron chi connectivity index (χ4n) is 0.756. The van der Waals surface area contributed by atoms with E-state index in [1.807, 2.05) is 0 Å². The molecule has 13 heavy (non-hydrogen) atoms. The topological polar surface area (TPSA) is 46.5 Å². The molecule has 1 aromatic carbocycles. The zero-order valence-corrected chi connectivity index (χ0v) is 10.3. The maximum Gasteiger partial charge on any atom is 1.00 e. The number of aromatic carboxylic acids is 1. The van der Waals surface area contributed by atoms with E-state index in [1.165, 1.54) is 18.2 Å². The molecule has 0 bridgehead atoms. The number of benzene rings is 1. The Morgan fingerprint density at radius 1 is 1.54 bits per heavy atom. The average Bonchev–Trinajstić information content (AvgIpc) is 2.03. The Labute approximate surface area is 109 Å². The molecule has 66 valence electrons. The van der Waals surface area contributed by atoms with Crippen molar-refractivity contribution in [1.82, 2.24) is 0 Å². The first-order valence-corrected chi connectivity index (χ1v) is 3.66. The molecule has 3 nitrogen and oxygen atoms in total. The first kappa shape index (κ1) is 13.1. The first-order chi connectivity index (χ1) is 5.66. The predicted octanol–water partition coefficient (Wildman–Crippen LogP) is -0.313. The van der Waals surface area contributed by atoms with Crippen LogP contribution in [0.15, 0.2) is 18.2 Å². The monoisotopic (exact) mass is 230 g/mol. The third-order valence-corrected chi connectivity index (χ3v) is 1.73. The molecule has 0 radical (unpaired) electrons. The quantitative estimate of drug-likeness (QED) is 0.710. The number of rotatable bonds is 2. The molecule has 0 aromatic heterocycles. The number of halogens is 2. The van der Waals surface area contributed by atoms with Crippen LogP contribution < -0.4 is 33.8 Å². The van der Waals surface area contributed by atoms with Crippen molar-refractivity contribution in [3.05, 3.63) is 28.8 Å². The molecule has 6 heteroatoms. The third kappa shape index (κ3) is 3.04. The summed E-state index contributed by atoms with van der Waals surface area (Å²) < 4.78 is 4.30. The van der Waals surface area contributed by atoms with Gasteiger partial charge in [-0.15, -0.1) is 0 Å². The molecule has 0 saturated heterocycles. The van der Waals surface area contributed by atoms with E-state index in [1.54, 1.807) is 0 Å². The van der Waals surface area contributed by atoms with Gasteiger partial charge >= 0.3 is 35.5 Å². The molecule has 0 aliphatic heterocycles. The van der Waals surface area contributed by atoms with Crippen molar-refractivity contribution in [3.8, 4) is 5.75 Å². The smallest absolute Gasteiger partial charge is 1.00 e. The van der Waals surface area contributed by atoms with Crippen LogP contribution in [-0.2, 0) is 0 Å². The van der Waals surface area contributed by atoms with Crippen LogP contribution in [0.25, 0.3) is 0 Å². The van der Waals surface area contributed by atoms with E-state index in [2.05, 4.69) is 4.29 Å². The van der Waals surface area contributed by atoms with Gasteiger partial charge in [0.2, 0.25) is 0 Å². The van der Waals surface area contributed by atoms with E-state index in [4.69, 9.17) is 28.6 Å². The molecule has 1 N–H and O–H groups in total. The van der Waals surface area contributed by atoms with Gasteiger partial charge in [-0.25, -0.2) is 4.79 Å². The van der Waals surface area contributed by atoms with Crippen LogP contribution in [0, 0.1) is 0 Å². The summed E-state index contributed by atoms with van der Waals surface area (Å²) in [6.45, 7) is 0. The Morgan fingerprint density at radius 2 is 2.15 bits per heavy atom. The maximum atomic E-state index is 10.5. The Bertz CT molecular complexity index is 322. The van der Waals surface area contributed by atoms with E-state index < -0.39 is 5.97 Å². The molecule has 0 fully saturated rings. The summed E-state index contributed by atoms with van der Waals surface area (Å²) in [6.07, 6.45) is 0. The minimum absolute atomic E-state index is 0. The molecular weight excluding hydrogens is 226 g/mol. The number of hydrogen-bond donors (Lipinski definition) is 1. The molecule has 0 spiro atoms. The summed E-state index contributed by atoms with van der Waals surface area (Å²) in [5, 5.41) is 8.80. The van der Waals surface area contributed by atoms with Crippen LogP contribution >= 0.6 is 23.5 Å². The molecule has 0 atom stereocenters. The standard InChI is InChI=1S/C7H4Cl2O3.Na.H/c8-5-3-1-2-4(7(10)11)6(5)12-9;;/h1-3H,(H,10,11);;/q;+1;-1. The van der Waals surface area contributed by atoms with Crippen LogP contribution in [0.1, 0.15) is 11.8 Å². The van der Waals surface area contributed by atoms with Gasteiger partial charge < -0.3 is 10.8 Å². The minimum Gasteiger partial charge on any atom is -1.00 e. The fraction of sp³-hybridized carbons (Fsp3) is 0. The Balaban J connectivity index is 0. The molecule has 0 aliphatic rings. The summed E-state index contributed by atoms with van der Waals surface area (Å²) in [4.78, 5) is 10.5. The minimum atomic E-state index is -1.13. The molecule has 0 amide bonds. The Hall–Kier alpha value is 0.0700. The van der Waals surface area contributed by atoms with E-state index in [-0.39, 0.29) is 47.3 Å². The Morgan fingerprint density at radius 3 is 2.54 bits per heavy atom. The zero-order valence-electron chi connectivity index (χ0n) is 7.75. The molecule has 0 heterocycles. The summed E-state index contributed by atoms with van der Waals surface area (Å²) in [7, 11) is 0.